The maximum absolute atomic E-state index is 14.2. The lowest BCUT2D eigenvalue weighted by Gasteiger charge is -2.17. The third-order valence-electron chi connectivity index (χ3n) is 4.88. The Morgan fingerprint density at radius 1 is 1.00 bits per heavy atom. The number of hydrogen-bond acceptors (Lipinski definition) is 3. The van der Waals surface area contributed by atoms with Crippen molar-refractivity contribution in [3.8, 4) is 5.88 Å². The van der Waals surface area contributed by atoms with Crippen LogP contribution in [0.15, 0.2) is 66.9 Å². The second-order valence-corrected chi connectivity index (χ2v) is 6.75. The molecule has 152 valence electrons. The van der Waals surface area contributed by atoms with Crippen LogP contribution >= 0.6 is 0 Å². The van der Waals surface area contributed by atoms with E-state index in [-0.39, 0.29) is 6.42 Å². The quantitative estimate of drug-likeness (QED) is 0.395. The number of ether oxygens (including phenoxy) is 1. The van der Waals surface area contributed by atoms with Gasteiger partial charge in [0.2, 0.25) is 11.8 Å². The molecule has 0 aliphatic rings. The van der Waals surface area contributed by atoms with Crippen LogP contribution in [0.5, 0.6) is 5.88 Å². The van der Waals surface area contributed by atoms with E-state index in [4.69, 9.17) is 4.74 Å². The van der Waals surface area contributed by atoms with Crippen molar-refractivity contribution < 1.29 is 13.5 Å². The van der Waals surface area contributed by atoms with Crippen molar-refractivity contribution in [2.75, 3.05) is 13.3 Å². The Morgan fingerprint density at radius 3 is 2.50 bits per heavy atom. The van der Waals surface area contributed by atoms with Crippen LogP contribution in [0, 0.1) is 5.95 Å². The van der Waals surface area contributed by atoms with Crippen molar-refractivity contribution in [2.45, 2.75) is 13.3 Å². The van der Waals surface area contributed by atoms with Gasteiger partial charge in [0.15, 0.2) is 0 Å². The molecule has 0 aliphatic carbocycles. The van der Waals surface area contributed by atoms with Crippen molar-refractivity contribution in [2.24, 2.45) is 0 Å². The summed E-state index contributed by atoms with van der Waals surface area (Å²) >= 11 is 0. The maximum Gasteiger partial charge on any atom is 0.216 e. The fourth-order valence-corrected chi connectivity index (χ4v) is 3.56. The minimum atomic E-state index is -0.513. The third kappa shape index (κ3) is 3.94. The summed E-state index contributed by atoms with van der Waals surface area (Å²) in [4.78, 5) is 4.38. The zero-order chi connectivity index (χ0) is 20.9. The lowest BCUT2D eigenvalue weighted by Crippen LogP contribution is -1.99. The molecule has 0 radical (unpaired) electrons. The number of pyridine rings is 1. The van der Waals surface area contributed by atoms with Crippen LogP contribution < -0.4 is 4.74 Å². The monoisotopic (exact) mass is 405 g/mol. The summed E-state index contributed by atoms with van der Waals surface area (Å²) in [5.41, 5.74) is 4.64. The maximum atomic E-state index is 14.2. The lowest BCUT2D eigenvalue weighted by atomic mass is 9.88. The summed E-state index contributed by atoms with van der Waals surface area (Å²) in [6.07, 6.45) is 1.93. The van der Waals surface area contributed by atoms with Crippen LogP contribution in [0.3, 0.4) is 0 Å². The van der Waals surface area contributed by atoms with Gasteiger partial charge < -0.3 is 4.74 Å². The van der Waals surface area contributed by atoms with Crippen LogP contribution in [0.25, 0.3) is 22.0 Å². The minimum Gasteiger partial charge on any atom is -0.478 e. The van der Waals surface area contributed by atoms with Gasteiger partial charge in [0, 0.05) is 24.2 Å². The van der Waals surface area contributed by atoms with Gasteiger partial charge in [-0.1, -0.05) is 36.4 Å². The molecule has 1 N–H and O–H groups in total. The molecule has 6 heteroatoms. The first-order chi connectivity index (χ1) is 14.7. The molecule has 4 nitrogen and oxygen atoms in total. The highest BCUT2D eigenvalue weighted by Crippen LogP contribution is 2.36. The molecule has 0 fully saturated rings. The molecule has 0 aliphatic heterocycles. The highest BCUT2D eigenvalue weighted by molar-refractivity contribution is 6.00. The summed E-state index contributed by atoms with van der Waals surface area (Å²) < 4.78 is 33.2. The van der Waals surface area contributed by atoms with Gasteiger partial charge in [0.1, 0.15) is 0 Å². The lowest BCUT2D eigenvalue weighted by molar-refractivity contribution is 0.327. The van der Waals surface area contributed by atoms with Gasteiger partial charge in [-0.15, -0.1) is 0 Å². The predicted octanol–water partition coefficient (Wildman–Crippen LogP) is 5.81. The molecule has 30 heavy (non-hydrogen) atoms. The number of H-pyrrole nitrogens is 1. The van der Waals surface area contributed by atoms with Crippen molar-refractivity contribution >= 4 is 22.0 Å². The normalized spacial score (nSPS) is 12.1. The third-order valence-corrected chi connectivity index (χ3v) is 4.88. The Balaban J connectivity index is 1.96. The van der Waals surface area contributed by atoms with Crippen LogP contribution in [0.2, 0.25) is 0 Å². The number of fused-ring (bicyclic) bond motifs is 1. The number of alkyl halides is 1. The number of halogens is 2. The SMILES string of the molecule is CCOc1ccc(/C(=C(/CCF)c2ccccc2)c2ccc3n[nH]c(F)c3c2)cn1. The number of benzene rings is 2. The summed E-state index contributed by atoms with van der Waals surface area (Å²) in [5, 5.41) is 6.71. The van der Waals surface area contributed by atoms with E-state index in [1.165, 1.54) is 0 Å². The van der Waals surface area contributed by atoms with Crippen LogP contribution in [-0.2, 0) is 0 Å². The molecule has 0 bridgehead atoms. The predicted molar refractivity (Wildman–Crippen MR) is 114 cm³/mol. The number of rotatable bonds is 7. The van der Waals surface area contributed by atoms with Gasteiger partial charge in [-0.3, -0.25) is 9.49 Å². The molecule has 2 aromatic heterocycles. The van der Waals surface area contributed by atoms with E-state index in [1.807, 2.05) is 49.4 Å². The Labute approximate surface area is 173 Å². The van der Waals surface area contributed by atoms with Gasteiger partial charge in [-0.2, -0.15) is 9.49 Å². The van der Waals surface area contributed by atoms with E-state index >= 15 is 0 Å². The second kappa shape index (κ2) is 8.86. The largest absolute Gasteiger partial charge is 0.478 e. The molecule has 0 unspecified atom stereocenters. The van der Waals surface area contributed by atoms with Crippen LogP contribution in [0.1, 0.15) is 30.0 Å². The standard InChI is InChI=1S/C24H21F2N3O/c1-2-30-22-11-9-18(15-27-22)23(19(12-13-25)16-6-4-3-5-7-16)17-8-10-21-20(14-17)24(26)29-28-21/h3-11,14-15H,2,12-13H2,1H3,(H,28,29)/b23-19-. The molecule has 0 saturated carbocycles. The van der Waals surface area contributed by atoms with E-state index in [0.717, 1.165) is 27.8 Å². The van der Waals surface area contributed by atoms with Gasteiger partial charge >= 0.3 is 0 Å². The molecular weight excluding hydrogens is 384 g/mol. The van der Waals surface area contributed by atoms with E-state index in [0.29, 0.717) is 23.4 Å². The average Bonchev–Trinajstić information content (AvgIpc) is 3.16. The molecule has 2 heterocycles. The number of allylic oxidation sites excluding steroid dienone is 1. The molecule has 0 saturated heterocycles. The van der Waals surface area contributed by atoms with Crippen molar-refractivity contribution in [1.29, 1.82) is 0 Å². The number of aromatic amines is 1. The molecular formula is C24H21F2N3O. The van der Waals surface area contributed by atoms with E-state index in [9.17, 15) is 8.78 Å². The van der Waals surface area contributed by atoms with E-state index in [1.54, 1.807) is 24.4 Å². The first-order valence-electron chi connectivity index (χ1n) is 9.79. The van der Waals surface area contributed by atoms with Crippen molar-refractivity contribution in [3.63, 3.8) is 0 Å². The Hall–Kier alpha value is -3.54. The summed E-state index contributed by atoms with van der Waals surface area (Å²) in [7, 11) is 0. The Bertz CT molecular complexity index is 1170. The van der Waals surface area contributed by atoms with Crippen molar-refractivity contribution in [3.05, 3.63) is 89.5 Å². The zero-order valence-electron chi connectivity index (χ0n) is 16.5. The smallest absolute Gasteiger partial charge is 0.216 e. The number of aromatic nitrogens is 3. The molecule has 0 atom stereocenters. The zero-order valence-corrected chi connectivity index (χ0v) is 16.5. The highest BCUT2D eigenvalue weighted by Gasteiger charge is 2.16. The number of nitrogens with zero attached hydrogens (tertiary/aromatic N) is 2. The van der Waals surface area contributed by atoms with E-state index < -0.39 is 12.6 Å². The van der Waals surface area contributed by atoms with Crippen LogP contribution in [-0.4, -0.2) is 28.5 Å². The van der Waals surface area contributed by atoms with Gasteiger partial charge in [-0.25, -0.2) is 4.98 Å². The van der Waals surface area contributed by atoms with E-state index in [2.05, 4.69) is 15.2 Å². The molecule has 0 spiro atoms. The molecule has 4 aromatic rings. The topological polar surface area (TPSA) is 50.8 Å². The van der Waals surface area contributed by atoms with Crippen LogP contribution in [0.4, 0.5) is 8.78 Å². The Kier molecular flexibility index (Phi) is 5.84. The fourth-order valence-electron chi connectivity index (χ4n) is 3.56. The minimum absolute atomic E-state index is 0.221. The fraction of sp³-hybridized carbons (Fsp3) is 0.167. The Morgan fingerprint density at radius 2 is 1.80 bits per heavy atom. The summed E-state index contributed by atoms with van der Waals surface area (Å²) in [6.45, 7) is 1.90. The number of hydrogen-bond donors (Lipinski definition) is 1. The first-order valence-corrected chi connectivity index (χ1v) is 9.79. The summed E-state index contributed by atoms with van der Waals surface area (Å²) in [5.74, 6) is 0.0199. The first kappa shape index (κ1) is 19.8. The molecule has 4 rings (SSSR count). The van der Waals surface area contributed by atoms with Crippen molar-refractivity contribution in [1.82, 2.24) is 15.2 Å². The molecule has 0 amide bonds. The van der Waals surface area contributed by atoms with Gasteiger partial charge in [-0.05, 0) is 47.4 Å². The van der Waals surface area contributed by atoms with Gasteiger partial charge in [0.05, 0.1) is 24.2 Å². The second-order valence-electron chi connectivity index (χ2n) is 6.75. The van der Waals surface area contributed by atoms with Gasteiger partial charge in [0.25, 0.3) is 0 Å². The highest BCUT2D eigenvalue weighted by atomic mass is 19.1. The molecule has 2 aromatic carbocycles. The number of nitrogens with one attached hydrogen (secondary N) is 1. The summed E-state index contributed by atoms with van der Waals surface area (Å²) in [6, 6.07) is 18.7. The average molecular weight is 405 g/mol.